The first-order valence-corrected chi connectivity index (χ1v) is 9.62. The summed E-state index contributed by atoms with van der Waals surface area (Å²) in [6.07, 6.45) is 4.69. The van der Waals surface area contributed by atoms with E-state index in [1.165, 1.54) is 18.4 Å². The summed E-state index contributed by atoms with van der Waals surface area (Å²) in [6, 6.07) is 15.7. The molecule has 2 heterocycles. The van der Waals surface area contributed by atoms with Crippen molar-refractivity contribution in [2.45, 2.75) is 25.0 Å². The smallest absolute Gasteiger partial charge is 0.307 e. The van der Waals surface area contributed by atoms with Gasteiger partial charge in [-0.2, -0.15) is 0 Å². The summed E-state index contributed by atoms with van der Waals surface area (Å²) in [5.74, 6) is -0.108. The molecule has 150 valence electrons. The van der Waals surface area contributed by atoms with Crippen molar-refractivity contribution >= 4 is 16.8 Å². The first kappa shape index (κ1) is 18.3. The summed E-state index contributed by atoms with van der Waals surface area (Å²) in [5, 5.41) is 3.94. The maximum Gasteiger partial charge on any atom is 0.307 e. The molecule has 4 aromatic rings. The van der Waals surface area contributed by atoms with E-state index in [4.69, 9.17) is 9.15 Å². The molecule has 5 rings (SSSR count). The molecule has 0 bridgehead atoms. The molecular weight excluding hydrogens is 385 g/mol. The van der Waals surface area contributed by atoms with Gasteiger partial charge in [0.25, 0.3) is 5.89 Å². The van der Waals surface area contributed by atoms with Gasteiger partial charge in [-0.3, -0.25) is 9.78 Å². The van der Waals surface area contributed by atoms with Gasteiger partial charge in [0.15, 0.2) is 0 Å². The number of pyridine rings is 1. The SMILES string of the molecule is O=C(NC1(c2ccc(F)cc2)CC1)c1nc(COc2cccc3cccnc23)co1. The number of nitrogens with one attached hydrogen (secondary N) is 1. The van der Waals surface area contributed by atoms with Crippen molar-refractivity contribution in [3.05, 3.63) is 90.0 Å². The van der Waals surface area contributed by atoms with Crippen LogP contribution in [0.5, 0.6) is 5.75 Å². The van der Waals surface area contributed by atoms with Gasteiger partial charge in [-0.05, 0) is 42.7 Å². The van der Waals surface area contributed by atoms with Gasteiger partial charge in [-0.25, -0.2) is 9.37 Å². The largest absolute Gasteiger partial charge is 0.485 e. The molecule has 6 nitrogen and oxygen atoms in total. The number of nitrogens with zero attached hydrogens (tertiary/aromatic N) is 2. The lowest BCUT2D eigenvalue weighted by atomic mass is 10.0. The minimum atomic E-state index is -0.482. The molecule has 1 fully saturated rings. The number of hydrogen-bond donors (Lipinski definition) is 1. The van der Waals surface area contributed by atoms with E-state index in [9.17, 15) is 9.18 Å². The number of benzene rings is 2. The highest BCUT2D eigenvalue weighted by Gasteiger charge is 2.46. The van der Waals surface area contributed by atoms with Gasteiger partial charge in [-0.1, -0.05) is 30.3 Å². The van der Waals surface area contributed by atoms with Crippen molar-refractivity contribution in [2.75, 3.05) is 0 Å². The van der Waals surface area contributed by atoms with Crippen LogP contribution < -0.4 is 10.1 Å². The average Bonchev–Trinajstić information content (AvgIpc) is 3.38. The van der Waals surface area contributed by atoms with Crippen molar-refractivity contribution in [3.8, 4) is 5.75 Å². The molecule has 0 spiro atoms. The predicted octanol–water partition coefficient (Wildman–Crippen LogP) is 4.36. The fraction of sp³-hybridized carbons (Fsp3) is 0.174. The molecular formula is C23H18FN3O3. The zero-order chi connectivity index (χ0) is 20.6. The lowest BCUT2D eigenvalue weighted by molar-refractivity contribution is 0.0895. The summed E-state index contributed by atoms with van der Waals surface area (Å²) in [7, 11) is 0. The molecule has 0 saturated heterocycles. The van der Waals surface area contributed by atoms with Gasteiger partial charge in [0.05, 0.1) is 5.54 Å². The molecule has 1 saturated carbocycles. The van der Waals surface area contributed by atoms with Crippen LogP contribution in [0, 0.1) is 5.82 Å². The van der Waals surface area contributed by atoms with Crippen LogP contribution in [0.25, 0.3) is 10.9 Å². The van der Waals surface area contributed by atoms with Gasteiger partial charge in [0.1, 0.15) is 35.6 Å². The van der Waals surface area contributed by atoms with Crippen LogP contribution in [0.4, 0.5) is 4.39 Å². The number of oxazole rings is 1. The van der Waals surface area contributed by atoms with Crippen molar-refractivity contribution in [2.24, 2.45) is 0 Å². The van der Waals surface area contributed by atoms with Crippen LogP contribution in [-0.2, 0) is 12.1 Å². The van der Waals surface area contributed by atoms with E-state index in [2.05, 4.69) is 15.3 Å². The number of fused-ring (bicyclic) bond motifs is 1. The Kier molecular flexibility index (Phi) is 4.43. The number of carbonyl (C=O) groups excluding carboxylic acids is 1. The van der Waals surface area contributed by atoms with E-state index in [0.29, 0.717) is 11.4 Å². The van der Waals surface area contributed by atoms with E-state index in [0.717, 1.165) is 29.3 Å². The van der Waals surface area contributed by atoms with Gasteiger partial charge in [-0.15, -0.1) is 0 Å². The third-order valence-corrected chi connectivity index (χ3v) is 5.22. The Bertz CT molecular complexity index is 1210. The molecule has 0 aliphatic heterocycles. The van der Waals surface area contributed by atoms with Gasteiger partial charge in [0, 0.05) is 11.6 Å². The molecule has 1 aliphatic rings. The van der Waals surface area contributed by atoms with E-state index in [1.807, 2.05) is 30.3 Å². The fourth-order valence-electron chi connectivity index (χ4n) is 3.47. The standard InChI is InChI=1S/C23H18FN3O3/c24-17-8-6-16(7-9-17)23(10-11-23)27-21(28)22-26-18(14-30-22)13-29-19-5-1-3-15-4-2-12-25-20(15)19/h1-9,12,14H,10-11,13H2,(H,27,28). The minimum absolute atomic E-state index is 0.0296. The number of rotatable bonds is 6. The number of hydrogen-bond acceptors (Lipinski definition) is 5. The Hall–Kier alpha value is -3.74. The molecule has 2 aromatic heterocycles. The van der Waals surface area contributed by atoms with Gasteiger partial charge < -0.3 is 14.5 Å². The number of para-hydroxylation sites is 1. The third-order valence-electron chi connectivity index (χ3n) is 5.22. The first-order valence-electron chi connectivity index (χ1n) is 9.62. The Morgan fingerprint density at radius 2 is 1.93 bits per heavy atom. The number of halogens is 1. The summed E-state index contributed by atoms with van der Waals surface area (Å²) in [5.41, 5.74) is 1.65. The van der Waals surface area contributed by atoms with Crippen LogP contribution >= 0.6 is 0 Å². The van der Waals surface area contributed by atoms with E-state index >= 15 is 0 Å². The maximum atomic E-state index is 13.2. The van der Waals surface area contributed by atoms with Crippen molar-refractivity contribution in [3.63, 3.8) is 0 Å². The molecule has 30 heavy (non-hydrogen) atoms. The van der Waals surface area contributed by atoms with Crippen LogP contribution in [0.3, 0.4) is 0 Å². The summed E-state index contributed by atoms with van der Waals surface area (Å²) < 4.78 is 24.4. The quantitative estimate of drug-likeness (QED) is 0.518. The zero-order valence-electron chi connectivity index (χ0n) is 16.0. The number of amides is 1. The molecule has 1 amide bonds. The normalized spacial score (nSPS) is 14.4. The second kappa shape index (κ2) is 7.26. The van der Waals surface area contributed by atoms with Crippen LogP contribution in [0.15, 0.2) is 71.5 Å². The number of ether oxygens (including phenoxy) is 1. The number of aromatic nitrogens is 2. The molecule has 7 heteroatoms. The third kappa shape index (κ3) is 3.50. The molecule has 0 unspecified atom stereocenters. The van der Waals surface area contributed by atoms with Crippen LogP contribution in [0.2, 0.25) is 0 Å². The van der Waals surface area contributed by atoms with E-state index < -0.39 is 11.4 Å². The highest BCUT2D eigenvalue weighted by molar-refractivity contribution is 5.90. The Morgan fingerprint density at radius 1 is 1.13 bits per heavy atom. The molecule has 1 aliphatic carbocycles. The highest BCUT2D eigenvalue weighted by atomic mass is 19.1. The average molecular weight is 403 g/mol. The summed E-state index contributed by atoms with van der Waals surface area (Å²) >= 11 is 0. The fourth-order valence-corrected chi connectivity index (χ4v) is 3.47. The molecule has 0 radical (unpaired) electrons. The maximum absolute atomic E-state index is 13.2. The van der Waals surface area contributed by atoms with Crippen LogP contribution in [-0.4, -0.2) is 15.9 Å². The lowest BCUT2D eigenvalue weighted by Crippen LogP contribution is -2.35. The summed E-state index contributed by atoms with van der Waals surface area (Å²) in [6.45, 7) is 0.148. The Balaban J connectivity index is 1.26. The monoisotopic (exact) mass is 403 g/mol. The Labute approximate surface area is 171 Å². The van der Waals surface area contributed by atoms with Crippen LogP contribution in [0.1, 0.15) is 34.8 Å². The molecule has 2 aromatic carbocycles. The predicted molar refractivity (Wildman–Crippen MR) is 107 cm³/mol. The van der Waals surface area contributed by atoms with E-state index in [1.54, 1.807) is 18.3 Å². The highest BCUT2D eigenvalue weighted by Crippen LogP contribution is 2.45. The second-order valence-electron chi connectivity index (χ2n) is 7.31. The van der Waals surface area contributed by atoms with E-state index in [-0.39, 0.29) is 18.3 Å². The lowest BCUT2D eigenvalue weighted by Gasteiger charge is -2.16. The van der Waals surface area contributed by atoms with Crippen molar-refractivity contribution in [1.29, 1.82) is 0 Å². The first-order chi connectivity index (χ1) is 14.6. The van der Waals surface area contributed by atoms with Gasteiger partial charge >= 0.3 is 5.91 Å². The Morgan fingerprint density at radius 3 is 2.73 bits per heavy atom. The number of carbonyl (C=O) groups is 1. The van der Waals surface area contributed by atoms with Crippen molar-refractivity contribution in [1.82, 2.24) is 15.3 Å². The minimum Gasteiger partial charge on any atom is -0.485 e. The second-order valence-corrected chi connectivity index (χ2v) is 7.31. The zero-order valence-corrected chi connectivity index (χ0v) is 16.0. The van der Waals surface area contributed by atoms with Crippen molar-refractivity contribution < 1.29 is 18.3 Å². The summed E-state index contributed by atoms with van der Waals surface area (Å²) in [4.78, 5) is 21.2. The van der Waals surface area contributed by atoms with Gasteiger partial charge in [0.2, 0.25) is 0 Å². The molecule has 0 atom stereocenters. The topological polar surface area (TPSA) is 77.2 Å². The molecule has 1 N–H and O–H groups in total.